The zero-order valence-electron chi connectivity index (χ0n) is 10.2. The molecule has 3 heteroatoms. The number of nitrogens with one attached hydrogen (secondary N) is 2. The summed E-state index contributed by atoms with van der Waals surface area (Å²) in [6.45, 7) is 10.1. The van der Waals surface area contributed by atoms with Gasteiger partial charge in [-0.2, -0.15) is 0 Å². The molecule has 0 bridgehead atoms. The fourth-order valence-electron chi connectivity index (χ4n) is 2.80. The van der Waals surface area contributed by atoms with Crippen molar-refractivity contribution in [1.82, 2.24) is 10.6 Å². The van der Waals surface area contributed by atoms with Gasteiger partial charge in [-0.15, -0.1) is 0 Å². The van der Waals surface area contributed by atoms with Crippen LogP contribution in [0.3, 0.4) is 0 Å². The van der Waals surface area contributed by atoms with Crippen LogP contribution in [0.4, 0.5) is 0 Å². The largest absolute Gasteiger partial charge is 0.352 e. The van der Waals surface area contributed by atoms with E-state index in [1.54, 1.807) is 0 Å². The van der Waals surface area contributed by atoms with Crippen molar-refractivity contribution in [2.24, 2.45) is 10.8 Å². The summed E-state index contributed by atoms with van der Waals surface area (Å²) >= 11 is 0. The minimum absolute atomic E-state index is 0.205. The van der Waals surface area contributed by atoms with E-state index in [9.17, 15) is 4.79 Å². The molecular weight excluding hydrogens is 188 g/mol. The molecule has 1 aliphatic carbocycles. The van der Waals surface area contributed by atoms with Crippen molar-refractivity contribution in [1.29, 1.82) is 0 Å². The molecule has 2 rings (SSSR count). The van der Waals surface area contributed by atoms with Crippen LogP contribution in [0.25, 0.3) is 0 Å². The Morgan fingerprint density at radius 3 is 2.33 bits per heavy atom. The van der Waals surface area contributed by atoms with Gasteiger partial charge in [-0.25, -0.2) is 0 Å². The Balaban J connectivity index is 1.79. The van der Waals surface area contributed by atoms with Crippen molar-refractivity contribution in [2.75, 3.05) is 6.54 Å². The van der Waals surface area contributed by atoms with Crippen molar-refractivity contribution in [3.8, 4) is 0 Å². The lowest BCUT2D eigenvalue weighted by Gasteiger charge is -2.12. The Morgan fingerprint density at radius 1 is 1.33 bits per heavy atom. The molecule has 2 fully saturated rings. The van der Waals surface area contributed by atoms with E-state index >= 15 is 0 Å². The number of hydrogen-bond donors (Lipinski definition) is 2. The summed E-state index contributed by atoms with van der Waals surface area (Å²) in [6.07, 6.45) is 1.68. The SMILES string of the molecule is CC1(C)C(NCC2CCC(=O)N2)C1(C)C. The van der Waals surface area contributed by atoms with E-state index in [2.05, 4.69) is 38.3 Å². The Kier molecular flexibility index (Phi) is 2.34. The number of carbonyl (C=O) groups is 1. The quantitative estimate of drug-likeness (QED) is 0.737. The first-order valence-corrected chi connectivity index (χ1v) is 5.88. The number of carbonyl (C=O) groups excluding carboxylic acids is 1. The van der Waals surface area contributed by atoms with E-state index in [-0.39, 0.29) is 5.91 Å². The van der Waals surface area contributed by atoms with Gasteiger partial charge in [0, 0.05) is 25.0 Å². The molecule has 15 heavy (non-hydrogen) atoms. The van der Waals surface area contributed by atoms with E-state index in [4.69, 9.17) is 0 Å². The molecule has 1 atom stereocenters. The number of hydrogen-bond acceptors (Lipinski definition) is 2. The van der Waals surface area contributed by atoms with Gasteiger partial charge in [0.25, 0.3) is 0 Å². The summed E-state index contributed by atoms with van der Waals surface area (Å²) in [4.78, 5) is 11.0. The Hall–Kier alpha value is -0.570. The van der Waals surface area contributed by atoms with Crippen LogP contribution in [-0.2, 0) is 4.79 Å². The smallest absolute Gasteiger partial charge is 0.220 e. The maximum absolute atomic E-state index is 11.0. The zero-order valence-corrected chi connectivity index (χ0v) is 10.2. The Bertz CT molecular complexity index is 269. The summed E-state index contributed by atoms with van der Waals surface area (Å²) < 4.78 is 0. The summed E-state index contributed by atoms with van der Waals surface area (Å²) in [5.41, 5.74) is 0.769. The standard InChI is InChI=1S/C12H22N2O/c1-11(2)10(12(11,3)4)13-7-8-5-6-9(15)14-8/h8,10,13H,5-7H2,1-4H3,(H,14,15). The highest BCUT2D eigenvalue weighted by atomic mass is 16.1. The Labute approximate surface area is 92.0 Å². The molecule has 0 spiro atoms. The minimum Gasteiger partial charge on any atom is -0.352 e. The van der Waals surface area contributed by atoms with E-state index in [1.165, 1.54) is 0 Å². The molecule has 0 aromatic rings. The van der Waals surface area contributed by atoms with Crippen LogP contribution in [0.15, 0.2) is 0 Å². The number of rotatable bonds is 3. The van der Waals surface area contributed by atoms with Gasteiger partial charge in [0.1, 0.15) is 0 Å². The number of amides is 1. The highest BCUT2D eigenvalue weighted by Gasteiger charge is 2.64. The van der Waals surface area contributed by atoms with Gasteiger partial charge < -0.3 is 10.6 Å². The zero-order chi connectivity index (χ0) is 11.3. The van der Waals surface area contributed by atoms with E-state index in [1.807, 2.05) is 0 Å². The third-order valence-corrected chi connectivity index (χ3v) is 4.67. The van der Waals surface area contributed by atoms with Crippen molar-refractivity contribution < 1.29 is 4.79 Å². The van der Waals surface area contributed by atoms with Gasteiger partial charge in [-0.3, -0.25) is 4.79 Å². The average Bonchev–Trinajstić information content (AvgIpc) is 2.50. The van der Waals surface area contributed by atoms with Crippen molar-refractivity contribution in [2.45, 2.75) is 52.6 Å². The first-order valence-electron chi connectivity index (χ1n) is 5.88. The van der Waals surface area contributed by atoms with E-state index in [0.29, 0.717) is 29.3 Å². The summed E-state index contributed by atoms with van der Waals surface area (Å²) in [5.74, 6) is 0.205. The second-order valence-corrected chi connectivity index (χ2v) is 6.09. The molecule has 86 valence electrons. The highest BCUT2D eigenvalue weighted by Crippen LogP contribution is 2.62. The van der Waals surface area contributed by atoms with E-state index in [0.717, 1.165) is 13.0 Å². The minimum atomic E-state index is 0.205. The van der Waals surface area contributed by atoms with Gasteiger partial charge in [0.15, 0.2) is 0 Å². The third-order valence-electron chi connectivity index (χ3n) is 4.67. The van der Waals surface area contributed by atoms with Crippen LogP contribution >= 0.6 is 0 Å². The molecular formula is C12H22N2O. The van der Waals surface area contributed by atoms with Gasteiger partial charge in [0.2, 0.25) is 5.91 Å². The normalized spacial score (nSPS) is 32.8. The van der Waals surface area contributed by atoms with Gasteiger partial charge in [0.05, 0.1) is 0 Å². The van der Waals surface area contributed by atoms with Crippen LogP contribution in [-0.4, -0.2) is 24.5 Å². The molecule has 2 N–H and O–H groups in total. The lowest BCUT2D eigenvalue weighted by Crippen LogP contribution is -2.38. The Morgan fingerprint density at radius 2 is 1.93 bits per heavy atom. The summed E-state index contributed by atoms with van der Waals surface area (Å²) in [7, 11) is 0. The summed E-state index contributed by atoms with van der Waals surface area (Å²) in [6, 6.07) is 0.937. The monoisotopic (exact) mass is 210 g/mol. The summed E-state index contributed by atoms with van der Waals surface area (Å²) in [5, 5.41) is 6.58. The molecule has 0 aromatic heterocycles. The van der Waals surface area contributed by atoms with Crippen LogP contribution in [0.5, 0.6) is 0 Å². The van der Waals surface area contributed by atoms with Crippen LogP contribution in [0.1, 0.15) is 40.5 Å². The van der Waals surface area contributed by atoms with Crippen molar-refractivity contribution >= 4 is 5.91 Å². The molecule has 2 aliphatic rings. The van der Waals surface area contributed by atoms with E-state index < -0.39 is 0 Å². The molecule has 1 saturated carbocycles. The lowest BCUT2D eigenvalue weighted by molar-refractivity contribution is -0.119. The van der Waals surface area contributed by atoms with Crippen LogP contribution in [0.2, 0.25) is 0 Å². The molecule has 1 aliphatic heterocycles. The first-order chi connectivity index (χ1) is 6.85. The molecule has 1 unspecified atom stereocenters. The maximum atomic E-state index is 11.0. The van der Waals surface area contributed by atoms with Gasteiger partial charge in [-0.1, -0.05) is 27.7 Å². The molecule has 3 nitrogen and oxygen atoms in total. The topological polar surface area (TPSA) is 41.1 Å². The lowest BCUT2D eigenvalue weighted by atomic mass is 10.0. The van der Waals surface area contributed by atoms with Crippen molar-refractivity contribution in [3.63, 3.8) is 0 Å². The average molecular weight is 210 g/mol. The third kappa shape index (κ3) is 1.67. The van der Waals surface area contributed by atoms with Gasteiger partial charge in [-0.05, 0) is 17.3 Å². The maximum Gasteiger partial charge on any atom is 0.220 e. The predicted molar refractivity (Wildman–Crippen MR) is 60.5 cm³/mol. The van der Waals surface area contributed by atoms with Crippen molar-refractivity contribution in [3.05, 3.63) is 0 Å². The second-order valence-electron chi connectivity index (χ2n) is 6.09. The fraction of sp³-hybridized carbons (Fsp3) is 0.917. The fourth-order valence-corrected chi connectivity index (χ4v) is 2.80. The second kappa shape index (κ2) is 3.21. The first kappa shape index (κ1) is 10.9. The van der Waals surface area contributed by atoms with Gasteiger partial charge >= 0.3 is 0 Å². The van der Waals surface area contributed by atoms with Crippen LogP contribution < -0.4 is 10.6 Å². The molecule has 1 saturated heterocycles. The van der Waals surface area contributed by atoms with Crippen LogP contribution in [0, 0.1) is 10.8 Å². The molecule has 0 aromatic carbocycles. The molecule has 0 radical (unpaired) electrons. The molecule has 1 amide bonds. The predicted octanol–water partition coefficient (Wildman–Crippen LogP) is 1.29. The highest BCUT2D eigenvalue weighted by molar-refractivity contribution is 5.78. The molecule has 1 heterocycles.